The van der Waals surface area contributed by atoms with E-state index in [0.29, 0.717) is 6.42 Å². The highest BCUT2D eigenvalue weighted by Gasteiger charge is 2.21. The zero-order valence-electron chi connectivity index (χ0n) is 11.1. The fraction of sp³-hybridized carbons (Fsp3) is 0.857. The smallest absolute Gasteiger partial charge is 0.222 e. The number of hydrogen-bond donors (Lipinski definition) is 1. The summed E-state index contributed by atoms with van der Waals surface area (Å²) in [4.78, 5) is 14.0. The number of hydrogen-bond acceptors (Lipinski definition) is 3. The summed E-state index contributed by atoms with van der Waals surface area (Å²) in [6.45, 7) is 1.45. The molecule has 1 saturated heterocycles. The van der Waals surface area contributed by atoms with E-state index in [1.807, 2.05) is 4.90 Å². The molecule has 0 unspecified atom stereocenters. The lowest BCUT2D eigenvalue weighted by Crippen LogP contribution is -2.38. The molecule has 0 aromatic rings. The lowest BCUT2D eigenvalue weighted by molar-refractivity contribution is -0.131. The predicted octanol–water partition coefficient (Wildman–Crippen LogP) is 2.80. The minimum absolute atomic E-state index is 0.289. The highest BCUT2D eigenvalue weighted by molar-refractivity contribution is 5.87. The van der Waals surface area contributed by atoms with Gasteiger partial charge in [-0.05, 0) is 12.3 Å². The topological polar surface area (TPSA) is 52.9 Å². The molecule has 0 spiro atoms. The Labute approximate surface area is 109 Å². The summed E-state index contributed by atoms with van der Waals surface area (Å²) >= 11 is 0. The number of rotatable bonds is 3. The molecule has 1 amide bonds. The third-order valence-corrected chi connectivity index (χ3v) is 4.33. The Morgan fingerprint density at radius 1 is 1.22 bits per heavy atom. The van der Waals surface area contributed by atoms with Crippen LogP contribution in [0.25, 0.3) is 0 Å². The van der Waals surface area contributed by atoms with Crippen LogP contribution in [-0.4, -0.2) is 34.8 Å². The Balaban J connectivity index is 1.68. The number of carbonyl (C=O) groups excluding carboxylic acids is 1. The molecule has 1 heterocycles. The van der Waals surface area contributed by atoms with Crippen LogP contribution in [0.5, 0.6) is 0 Å². The van der Waals surface area contributed by atoms with Crippen molar-refractivity contribution in [3.63, 3.8) is 0 Å². The summed E-state index contributed by atoms with van der Waals surface area (Å²) in [5, 5.41) is 11.9. The van der Waals surface area contributed by atoms with E-state index < -0.39 is 0 Å². The van der Waals surface area contributed by atoms with Crippen LogP contribution in [0, 0.1) is 5.92 Å². The summed E-state index contributed by atoms with van der Waals surface area (Å²) in [7, 11) is 0. The number of nitrogens with zero attached hydrogens (tertiary/aromatic N) is 2. The fourth-order valence-electron chi connectivity index (χ4n) is 3.08. The first kappa shape index (κ1) is 13.4. The SMILES string of the molecule is O=C(CCC1CCCCC1)N1CCC(=NO)CC1. The Kier molecular flexibility index (Phi) is 5.02. The number of amides is 1. The molecule has 1 saturated carbocycles. The van der Waals surface area contributed by atoms with Gasteiger partial charge >= 0.3 is 0 Å². The van der Waals surface area contributed by atoms with Crippen LogP contribution in [0.3, 0.4) is 0 Å². The zero-order valence-corrected chi connectivity index (χ0v) is 11.1. The molecule has 0 aromatic carbocycles. The second-order valence-corrected chi connectivity index (χ2v) is 5.59. The average Bonchev–Trinajstić information content (AvgIpc) is 2.46. The maximum atomic E-state index is 12.1. The average molecular weight is 252 g/mol. The first-order valence-corrected chi connectivity index (χ1v) is 7.27. The van der Waals surface area contributed by atoms with Gasteiger partial charge in [0, 0.05) is 32.4 Å². The van der Waals surface area contributed by atoms with Crippen LogP contribution in [0.2, 0.25) is 0 Å². The van der Waals surface area contributed by atoms with Crippen molar-refractivity contribution in [2.45, 2.75) is 57.8 Å². The van der Waals surface area contributed by atoms with Crippen molar-refractivity contribution >= 4 is 11.6 Å². The molecule has 2 aliphatic rings. The second kappa shape index (κ2) is 6.76. The van der Waals surface area contributed by atoms with E-state index in [1.54, 1.807) is 0 Å². The Bertz CT molecular complexity index is 299. The summed E-state index contributed by atoms with van der Waals surface area (Å²) in [5.74, 6) is 1.07. The molecule has 102 valence electrons. The molecule has 1 aliphatic carbocycles. The van der Waals surface area contributed by atoms with Crippen molar-refractivity contribution in [1.82, 2.24) is 4.90 Å². The summed E-state index contributed by atoms with van der Waals surface area (Å²) in [6, 6.07) is 0. The molecule has 0 bridgehead atoms. The highest BCUT2D eigenvalue weighted by Crippen LogP contribution is 2.27. The maximum Gasteiger partial charge on any atom is 0.222 e. The molecule has 0 aromatic heterocycles. The number of likely N-dealkylation sites (tertiary alicyclic amines) is 1. The van der Waals surface area contributed by atoms with E-state index in [4.69, 9.17) is 5.21 Å². The lowest BCUT2D eigenvalue weighted by Gasteiger charge is -2.28. The Morgan fingerprint density at radius 3 is 2.50 bits per heavy atom. The largest absolute Gasteiger partial charge is 0.411 e. The van der Waals surface area contributed by atoms with Gasteiger partial charge in [-0.15, -0.1) is 0 Å². The van der Waals surface area contributed by atoms with Crippen LogP contribution >= 0.6 is 0 Å². The predicted molar refractivity (Wildman–Crippen MR) is 70.8 cm³/mol. The van der Waals surface area contributed by atoms with Crippen molar-refractivity contribution in [3.8, 4) is 0 Å². The number of oxime groups is 1. The lowest BCUT2D eigenvalue weighted by atomic mass is 9.86. The highest BCUT2D eigenvalue weighted by atomic mass is 16.4. The van der Waals surface area contributed by atoms with Gasteiger partial charge in [0.25, 0.3) is 0 Å². The van der Waals surface area contributed by atoms with Crippen molar-refractivity contribution in [3.05, 3.63) is 0 Å². The molecule has 4 nitrogen and oxygen atoms in total. The van der Waals surface area contributed by atoms with Gasteiger partial charge in [-0.2, -0.15) is 0 Å². The van der Waals surface area contributed by atoms with Crippen LogP contribution in [0.1, 0.15) is 57.8 Å². The van der Waals surface area contributed by atoms with E-state index in [2.05, 4.69) is 5.16 Å². The van der Waals surface area contributed by atoms with Crippen LogP contribution in [-0.2, 0) is 4.79 Å². The molecule has 0 atom stereocenters. The zero-order chi connectivity index (χ0) is 12.8. The van der Waals surface area contributed by atoms with Crippen molar-refractivity contribution in [2.75, 3.05) is 13.1 Å². The third kappa shape index (κ3) is 3.72. The molecular formula is C14H24N2O2. The summed E-state index contributed by atoms with van der Waals surface area (Å²) < 4.78 is 0. The van der Waals surface area contributed by atoms with Crippen molar-refractivity contribution in [1.29, 1.82) is 0 Å². The van der Waals surface area contributed by atoms with Gasteiger partial charge in [-0.25, -0.2) is 0 Å². The fourth-order valence-corrected chi connectivity index (χ4v) is 3.08. The van der Waals surface area contributed by atoms with Crippen LogP contribution in [0.15, 0.2) is 5.16 Å². The van der Waals surface area contributed by atoms with E-state index in [9.17, 15) is 4.79 Å². The number of piperidine rings is 1. The Morgan fingerprint density at radius 2 is 1.89 bits per heavy atom. The quantitative estimate of drug-likeness (QED) is 0.620. The summed E-state index contributed by atoms with van der Waals surface area (Å²) in [6.07, 6.45) is 9.92. The third-order valence-electron chi connectivity index (χ3n) is 4.33. The van der Waals surface area contributed by atoms with E-state index in [0.717, 1.165) is 44.0 Å². The summed E-state index contributed by atoms with van der Waals surface area (Å²) in [5.41, 5.74) is 0.825. The van der Waals surface area contributed by atoms with Gasteiger partial charge in [0.15, 0.2) is 0 Å². The molecule has 2 fully saturated rings. The monoisotopic (exact) mass is 252 g/mol. The molecule has 4 heteroatoms. The first-order chi connectivity index (χ1) is 8.79. The standard InChI is InChI=1S/C14H24N2O2/c17-14(7-6-12-4-2-1-3-5-12)16-10-8-13(15-18)9-11-16/h12,18H,1-11H2. The van der Waals surface area contributed by atoms with E-state index >= 15 is 0 Å². The molecule has 18 heavy (non-hydrogen) atoms. The normalized spacial score (nSPS) is 22.0. The minimum Gasteiger partial charge on any atom is -0.411 e. The van der Waals surface area contributed by atoms with Gasteiger partial charge in [0.2, 0.25) is 5.91 Å². The second-order valence-electron chi connectivity index (χ2n) is 5.59. The van der Waals surface area contributed by atoms with Gasteiger partial charge in [0.05, 0.1) is 5.71 Å². The molecule has 1 N–H and O–H groups in total. The van der Waals surface area contributed by atoms with Crippen molar-refractivity contribution in [2.24, 2.45) is 11.1 Å². The number of carbonyl (C=O) groups is 1. The maximum absolute atomic E-state index is 12.1. The van der Waals surface area contributed by atoms with E-state index in [1.165, 1.54) is 32.1 Å². The van der Waals surface area contributed by atoms with Gasteiger partial charge < -0.3 is 10.1 Å². The molecule has 2 rings (SSSR count). The van der Waals surface area contributed by atoms with Gasteiger partial charge in [-0.3, -0.25) is 4.79 Å². The first-order valence-electron chi connectivity index (χ1n) is 7.27. The Hall–Kier alpha value is -1.06. The van der Waals surface area contributed by atoms with Gasteiger partial charge in [-0.1, -0.05) is 37.3 Å². The van der Waals surface area contributed by atoms with Gasteiger partial charge in [0.1, 0.15) is 0 Å². The molecule has 1 aliphatic heterocycles. The van der Waals surface area contributed by atoms with Crippen LogP contribution < -0.4 is 0 Å². The molecular weight excluding hydrogens is 228 g/mol. The van der Waals surface area contributed by atoms with Crippen molar-refractivity contribution < 1.29 is 10.0 Å². The van der Waals surface area contributed by atoms with Crippen LogP contribution in [0.4, 0.5) is 0 Å². The minimum atomic E-state index is 0.289. The van der Waals surface area contributed by atoms with E-state index in [-0.39, 0.29) is 5.91 Å². The molecule has 0 radical (unpaired) electrons.